The average Bonchev–Trinajstić information content (AvgIpc) is 3.59. The third-order valence-electron chi connectivity index (χ3n) is 14.0. The average molecular weight is 1070 g/mol. The Hall–Kier alpha value is -3.24. The normalized spacial score (nSPS) is 15.8. The van der Waals surface area contributed by atoms with Gasteiger partial charge in [0.2, 0.25) is 0 Å². The first-order valence-corrected chi connectivity index (χ1v) is 32.5. The molecule has 62 heavy (non-hydrogen) atoms. The molecule has 7 rings (SSSR count). The van der Waals surface area contributed by atoms with Crippen molar-refractivity contribution in [2.75, 3.05) is 0 Å². The first kappa shape index (κ1) is 49.8. The van der Waals surface area contributed by atoms with Gasteiger partial charge in [-0.1, -0.05) is 181 Å². The van der Waals surface area contributed by atoms with Gasteiger partial charge in [-0.2, -0.15) is 0 Å². The standard InChI is InChI=1S/C41H46NSSi3.C13H24O2.Ir/c1-28-33-21-22-42-38(30-25-29-15-13-14-18-34(29)35(26-30)41(2,3)4)39(33)43-40(28)46(9,31-16-11-10-12-17-31)32-19-20-36-37(27-32)45(7,8)24-23-44(36,5)6;1-5-10(6-2)12(14)9-13(15)11(7-3)8-4;/h10-22,26-27H,23-24H2,1-9H3;9-11,14H,5-8H2,1-4H3;/q-1;;/b;12-9-;. The maximum atomic E-state index is 11.7. The van der Waals surface area contributed by atoms with Gasteiger partial charge in [0.15, 0.2) is 13.9 Å². The Bertz CT molecular complexity index is 2550. The molecule has 3 nitrogen and oxygen atoms in total. The second-order valence-electron chi connectivity index (χ2n) is 20.0. The minimum atomic E-state index is -2.36. The molecule has 0 bridgehead atoms. The first-order chi connectivity index (χ1) is 28.8. The summed E-state index contributed by atoms with van der Waals surface area (Å²) < 4.78 is 2.84. The van der Waals surface area contributed by atoms with Gasteiger partial charge in [-0.05, 0) is 65.4 Å². The van der Waals surface area contributed by atoms with Crippen LogP contribution in [0.2, 0.25) is 44.8 Å². The number of benzene rings is 4. The Labute approximate surface area is 394 Å². The van der Waals surface area contributed by atoms with Gasteiger partial charge >= 0.3 is 0 Å². The van der Waals surface area contributed by atoms with E-state index in [-0.39, 0.29) is 48.9 Å². The van der Waals surface area contributed by atoms with Crippen molar-refractivity contribution in [3.05, 3.63) is 120 Å². The minimum Gasteiger partial charge on any atom is -0.512 e. The molecule has 0 aliphatic carbocycles. The van der Waals surface area contributed by atoms with Crippen LogP contribution in [0.1, 0.15) is 85.3 Å². The molecule has 6 aromatic rings. The summed E-state index contributed by atoms with van der Waals surface area (Å²) in [6, 6.07) is 39.2. The van der Waals surface area contributed by atoms with Gasteiger partial charge in [0.05, 0.1) is 21.9 Å². The van der Waals surface area contributed by atoms with Crippen LogP contribution in [0.4, 0.5) is 0 Å². The molecule has 0 spiro atoms. The van der Waals surface area contributed by atoms with Crippen LogP contribution < -0.4 is 25.2 Å². The molecule has 1 aliphatic rings. The Morgan fingerprint density at radius 1 is 0.806 bits per heavy atom. The SMILES string of the molecule is CCC(CC)C(=O)/C=C(\O)C(CC)CC.Cc1c([Si](C)(c2ccccc2)c2ccc3c(c2)[Si](C)(C)CC[Si]3(C)C)sc2c(-c3[c-]c4ccccc4c(C(C)(C)C)c3)nccc12.[Ir]. The summed E-state index contributed by atoms with van der Waals surface area (Å²) in [4.78, 5) is 16.8. The Kier molecular flexibility index (Phi) is 16.0. The van der Waals surface area contributed by atoms with Crippen molar-refractivity contribution in [2.45, 2.75) is 131 Å². The summed E-state index contributed by atoms with van der Waals surface area (Å²) in [5, 5.41) is 20.0. The number of aromatic nitrogens is 1. The van der Waals surface area contributed by atoms with Gasteiger partial charge in [-0.15, -0.1) is 40.5 Å². The molecule has 1 radical (unpaired) electrons. The number of hydrogen-bond donors (Lipinski definition) is 1. The molecule has 0 saturated carbocycles. The van der Waals surface area contributed by atoms with E-state index in [1.54, 1.807) is 20.1 Å². The smallest absolute Gasteiger partial charge is 0.162 e. The van der Waals surface area contributed by atoms with Crippen LogP contribution in [-0.2, 0) is 30.3 Å². The summed E-state index contributed by atoms with van der Waals surface area (Å²) >= 11 is 2.00. The largest absolute Gasteiger partial charge is 0.512 e. The first-order valence-electron chi connectivity index (χ1n) is 22.8. The third-order valence-corrected chi connectivity index (χ3v) is 28.4. The topological polar surface area (TPSA) is 50.2 Å². The van der Waals surface area contributed by atoms with Gasteiger partial charge in [-0.3, -0.25) is 9.78 Å². The molecule has 3 heterocycles. The van der Waals surface area contributed by atoms with Crippen molar-refractivity contribution in [1.29, 1.82) is 0 Å². The zero-order valence-electron chi connectivity index (χ0n) is 39.7. The van der Waals surface area contributed by atoms with E-state index >= 15 is 0 Å². The fourth-order valence-electron chi connectivity index (χ4n) is 9.67. The van der Waals surface area contributed by atoms with Crippen LogP contribution in [0.25, 0.3) is 32.1 Å². The second kappa shape index (κ2) is 19.9. The number of thiophene rings is 1. The van der Waals surface area contributed by atoms with Crippen molar-refractivity contribution in [3.8, 4) is 11.3 Å². The van der Waals surface area contributed by atoms with Crippen molar-refractivity contribution >= 4 is 87.4 Å². The summed E-state index contributed by atoms with van der Waals surface area (Å²) in [5.74, 6) is 0.547. The number of allylic oxidation sites excluding steroid dienone is 2. The number of aliphatic hydroxyl groups excluding tert-OH is 1. The molecule has 1 aliphatic heterocycles. The molecular formula is C54H70IrNO2SSi3-. The van der Waals surface area contributed by atoms with Crippen molar-refractivity contribution < 1.29 is 30.0 Å². The molecule has 1 unspecified atom stereocenters. The van der Waals surface area contributed by atoms with E-state index in [2.05, 4.69) is 151 Å². The number of aliphatic hydroxyl groups is 1. The second-order valence-corrected chi connectivity index (χ2v) is 34.9. The van der Waals surface area contributed by atoms with Crippen LogP contribution in [-0.4, -0.2) is 40.1 Å². The number of pyridine rings is 1. The van der Waals surface area contributed by atoms with Gasteiger partial charge in [0.25, 0.3) is 0 Å². The van der Waals surface area contributed by atoms with Crippen molar-refractivity contribution in [3.63, 3.8) is 0 Å². The summed E-state index contributed by atoms with van der Waals surface area (Å²) in [6.45, 7) is 30.4. The van der Waals surface area contributed by atoms with E-state index in [9.17, 15) is 9.90 Å². The van der Waals surface area contributed by atoms with Gasteiger partial charge in [0.1, 0.15) is 0 Å². The maximum Gasteiger partial charge on any atom is 0.162 e. The molecular weight excluding hydrogens is 1000 g/mol. The number of carbonyl (C=O) groups excluding carboxylic acids is 1. The van der Waals surface area contributed by atoms with Gasteiger partial charge in [-0.25, -0.2) is 0 Å². The molecule has 1 atom stereocenters. The predicted molar refractivity (Wildman–Crippen MR) is 276 cm³/mol. The molecule has 8 heteroatoms. The van der Waals surface area contributed by atoms with E-state index in [0.717, 1.165) is 42.3 Å². The third kappa shape index (κ3) is 9.86. The Morgan fingerprint density at radius 3 is 2.02 bits per heavy atom. The number of rotatable bonds is 11. The number of carbonyl (C=O) groups is 1. The van der Waals surface area contributed by atoms with Crippen molar-refractivity contribution in [2.24, 2.45) is 11.8 Å². The van der Waals surface area contributed by atoms with E-state index in [1.807, 2.05) is 45.2 Å². The maximum absolute atomic E-state index is 11.7. The number of ketones is 1. The fraction of sp³-hybridized carbons (Fsp3) is 0.407. The molecule has 2 aromatic heterocycles. The number of aryl methyl sites for hydroxylation is 1. The number of hydrogen-bond acceptors (Lipinski definition) is 4. The molecule has 1 N–H and O–H groups in total. The molecule has 0 fully saturated rings. The zero-order chi connectivity index (χ0) is 44.5. The molecule has 0 amide bonds. The quantitative estimate of drug-likeness (QED) is 0.0609. The van der Waals surface area contributed by atoms with Crippen LogP contribution >= 0.6 is 11.3 Å². The van der Waals surface area contributed by atoms with Crippen molar-refractivity contribution in [1.82, 2.24) is 4.98 Å². The monoisotopic (exact) mass is 1070 g/mol. The number of nitrogens with zero attached hydrogens (tertiary/aromatic N) is 1. The molecule has 331 valence electrons. The van der Waals surface area contributed by atoms with Gasteiger partial charge in [0, 0.05) is 59.1 Å². The van der Waals surface area contributed by atoms with Crippen LogP contribution in [0.3, 0.4) is 0 Å². The summed E-state index contributed by atoms with van der Waals surface area (Å²) in [6.07, 6.45) is 6.92. The Balaban J connectivity index is 0.000000390. The zero-order valence-corrected chi connectivity index (χ0v) is 45.9. The summed E-state index contributed by atoms with van der Waals surface area (Å²) in [5.41, 5.74) is 4.93. The fourth-order valence-corrected chi connectivity index (χ4v) is 26.4. The molecule has 4 aromatic carbocycles. The van der Waals surface area contributed by atoms with E-state index < -0.39 is 24.2 Å². The minimum absolute atomic E-state index is 0. The van der Waals surface area contributed by atoms with E-state index in [1.165, 1.54) is 50.0 Å². The molecule has 0 saturated heterocycles. The van der Waals surface area contributed by atoms with Crippen LogP contribution in [0.5, 0.6) is 0 Å². The van der Waals surface area contributed by atoms with E-state index in [4.69, 9.17) is 4.98 Å². The van der Waals surface area contributed by atoms with Crippen LogP contribution in [0.15, 0.2) is 103 Å². The Morgan fingerprint density at radius 2 is 1.40 bits per heavy atom. The number of fused-ring (bicyclic) bond motifs is 3. The summed E-state index contributed by atoms with van der Waals surface area (Å²) in [7, 11) is -5.29. The van der Waals surface area contributed by atoms with E-state index in [0.29, 0.717) is 0 Å². The van der Waals surface area contributed by atoms with Gasteiger partial charge < -0.3 is 5.11 Å². The van der Waals surface area contributed by atoms with Crippen LogP contribution in [0, 0.1) is 24.8 Å². The predicted octanol–water partition coefficient (Wildman–Crippen LogP) is 12.3.